The highest BCUT2D eigenvalue weighted by atomic mass is 28.2. The standard InChI is InChI=1S/C4H8O3Si/c1-2-4-8-7-6-5-3-1/h1-4H2. The van der Waals surface area contributed by atoms with Crippen molar-refractivity contribution in [2.75, 3.05) is 6.61 Å². The van der Waals surface area contributed by atoms with Gasteiger partial charge in [0.15, 0.2) is 0 Å². The number of hydrogen-bond donors (Lipinski definition) is 0. The third-order valence-electron chi connectivity index (χ3n) is 0.898. The van der Waals surface area contributed by atoms with Crippen LogP contribution in [0.25, 0.3) is 0 Å². The summed E-state index contributed by atoms with van der Waals surface area (Å²) in [5.41, 5.74) is 0. The first-order chi connectivity index (χ1) is 4.00. The van der Waals surface area contributed by atoms with Crippen molar-refractivity contribution in [3.63, 3.8) is 0 Å². The molecule has 0 amide bonds. The summed E-state index contributed by atoms with van der Waals surface area (Å²) in [6.07, 6.45) is 2.26. The molecule has 8 heavy (non-hydrogen) atoms. The van der Waals surface area contributed by atoms with Crippen LogP contribution in [0, 0.1) is 0 Å². The van der Waals surface area contributed by atoms with E-state index < -0.39 is 0 Å². The predicted octanol–water partition coefficient (Wildman–Crippen LogP) is 0.698. The normalized spacial score (nSPS) is 24.0. The van der Waals surface area contributed by atoms with E-state index in [0.29, 0.717) is 16.4 Å². The highest BCUT2D eigenvalue weighted by Crippen LogP contribution is 2.00. The van der Waals surface area contributed by atoms with Crippen LogP contribution in [0.2, 0.25) is 6.04 Å². The molecule has 2 radical (unpaired) electrons. The zero-order valence-corrected chi connectivity index (χ0v) is 5.55. The van der Waals surface area contributed by atoms with Gasteiger partial charge in [0, 0.05) is 0 Å². The second-order valence-corrected chi connectivity index (χ2v) is 2.53. The van der Waals surface area contributed by atoms with Gasteiger partial charge in [-0.1, -0.05) is 11.5 Å². The van der Waals surface area contributed by atoms with Gasteiger partial charge in [-0.25, -0.2) is 4.89 Å². The molecule has 0 unspecified atom stereocenters. The summed E-state index contributed by atoms with van der Waals surface area (Å²) in [5.74, 6) is 0. The van der Waals surface area contributed by atoms with Gasteiger partial charge in [0.25, 0.3) is 9.76 Å². The Hall–Kier alpha value is 0.0969. The largest absolute Gasteiger partial charge is 0.287 e. The third-order valence-corrected chi connectivity index (χ3v) is 1.64. The lowest BCUT2D eigenvalue weighted by Crippen LogP contribution is -2.06. The third kappa shape index (κ3) is 2.42. The summed E-state index contributed by atoms with van der Waals surface area (Å²) in [7, 11) is 0.443. The van der Waals surface area contributed by atoms with Crippen molar-refractivity contribution < 1.29 is 14.5 Å². The van der Waals surface area contributed by atoms with E-state index in [2.05, 4.69) is 14.5 Å². The minimum Gasteiger partial charge on any atom is -0.258 e. The van der Waals surface area contributed by atoms with E-state index in [1.807, 2.05) is 0 Å². The van der Waals surface area contributed by atoms with Crippen molar-refractivity contribution in [3.8, 4) is 0 Å². The lowest BCUT2D eigenvalue weighted by molar-refractivity contribution is -0.470. The van der Waals surface area contributed by atoms with E-state index in [1.54, 1.807) is 0 Å². The highest BCUT2D eigenvalue weighted by Gasteiger charge is 1.98. The summed E-state index contributed by atoms with van der Waals surface area (Å²) < 4.78 is 4.58. The molecule has 4 heteroatoms. The second-order valence-electron chi connectivity index (χ2n) is 1.57. The zero-order valence-electron chi connectivity index (χ0n) is 4.55. The molecule has 1 fully saturated rings. The minimum atomic E-state index is 0.443. The van der Waals surface area contributed by atoms with E-state index in [9.17, 15) is 0 Å². The maximum Gasteiger partial charge on any atom is 0.287 e. The quantitative estimate of drug-likeness (QED) is 0.358. The van der Waals surface area contributed by atoms with Crippen molar-refractivity contribution in [2.45, 2.75) is 18.9 Å². The van der Waals surface area contributed by atoms with Gasteiger partial charge >= 0.3 is 0 Å². The van der Waals surface area contributed by atoms with Crippen LogP contribution in [0.4, 0.5) is 0 Å². The summed E-state index contributed by atoms with van der Waals surface area (Å²) in [5, 5.41) is 4.29. The van der Waals surface area contributed by atoms with Crippen LogP contribution in [0.15, 0.2) is 0 Å². The van der Waals surface area contributed by atoms with Crippen molar-refractivity contribution in [2.24, 2.45) is 0 Å². The van der Waals surface area contributed by atoms with Gasteiger partial charge in [0.2, 0.25) is 0 Å². The summed E-state index contributed by atoms with van der Waals surface area (Å²) in [6.45, 7) is 0.657. The van der Waals surface area contributed by atoms with Gasteiger partial charge in [-0.05, 0) is 12.5 Å². The Morgan fingerprint density at radius 1 is 1.25 bits per heavy atom. The maximum atomic E-state index is 4.58. The molecule has 0 bridgehead atoms. The van der Waals surface area contributed by atoms with E-state index in [4.69, 9.17) is 0 Å². The SMILES string of the molecule is C1CC[Si]OOOC1. The van der Waals surface area contributed by atoms with Crippen LogP contribution in [0.3, 0.4) is 0 Å². The van der Waals surface area contributed by atoms with E-state index in [1.165, 1.54) is 6.42 Å². The smallest absolute Gasteiger partial charge is 0.258 e. The topological polar surface area (TPSA) is 27.7 Å². The zero-order chi connectivity index (χ0) is 5.66. The maximum absolute atomic E-state index is 4.58. The Morgan fingerprint density at radius 2 is 2.25 bits per heavy atom. The number of rotatable bonds is 0. The van der Waals surface area contributed by atoms with Gasteiger partial charge in [0.05, 0.1) is 6.61 Å². The highest BCUT2D eigenvalue weighted by molar-refractivity contribution is 6.26. The second kappa shape index (κ2) is 4.02. The van der Waals surface area contributed by atoms with Crippen LogP contribution >= 0.6 is 0 Å². The molecule has 1 saturated heterocycles. The Labute approximate surface area is 50.7 Å². The molecule has 0 spiro atoms. The van der Waals surface area contributed by atoms with Crippen LogP contribution in [0.1, 0.15) is 12.8 Å². The van der Waals surface area contributed by atoms with Gasteiger partial charge in [-0.3, -0.25) is 4.58 Å². The van der Waals surface area contributed by atoms with E-state index in [0.717, 1.165) is 12.5 Å². The average molecular weight is 132 g/mol. The van der Waals surface area contributed by atoms with Crippen molar-refractivity contribution in [1.29, 1.82) is 0 Å². The summed E-state index contributed by atoms with van der Waals surface area (Å²) >= 11 is 0. The first-order valence-corrected chi connectivity index (χ1v) is 3.80. The molecule has 0 atom stereocenters. The minimum absolute atomic E-state index is 0.443. The van der Waals surface area contributed by atoms with Crippen molar-refractivity contribution >= 4 is 9.76 Å². The summed E-state index contributed by atoms with van der Waals surface area (Å²) in [4.78, 5) is 4.56. The molecule has 1 aliphatic rings. The number of hydrogen-bond acceptors (Lipinski definition) is 3. The van der Waals surface area contributed by atoms with Crippen LogP contribution in [-0.2, 0) is 14.5 Å². The van der Waals surface area contributed by atoms with Gasteiger partial charge in [-0.2, -0.15) is 0 Å². The van der Waals surface area contributed by atoms with E-state index >= 15 is 0 Å². The Bertz CT molecular complexity index is 35.2. The molecule has 0 N–H and O–H groups in total. The predicted molar refractivity (Wildman–Crippen MR) is 27.9 cm³/mol. The monoisotopic (exact) mass is 132 g/mol. The van der Waals surface area contributed by atoms with Gasteiger partial charge in [0.1, 0.15) is 0 Å². The molecule has 0 aromatic rings. The summed E-state index contributed by atoms with van der Waals surface area (Å²) in [6, 6.07) is 1.10. The molecule has 1 rings (SSSR count). The van der Waals surface area contributed by atoms with Crippen LogP contribution in [-0.4, -0.2) is 16.4 Å². The van der Waals surface area contributed by atoms with E-state index in [-0.39, 0.29) is 0 Å². The average Bonchev–Trinajstić information content (AvgIpc) is 1.62. The molecular weight excluding hydrogens is 124 g/mol. The first-order valence-electron chi connectivity index (χ1n) is 2.68. The Kier molecular flexibility index (Phi) is 3.13. The fourth-order valence-corrected chi connectivity index (χ4v) is 1.06. The molecule has 0 aliphatic carbocycles. The van der Waals surface area contributed by atoms with Gasteiger partial charge < -0.3 is 0 Å². The molecule has 1 heterocycles. The van der Waals surface area contributed by atoms with Crippen molar-refractivity contribution in [1.82, 2.24) is 0 Å². The van der Waals surface area contributed by atoms with Crippen LogP contribution < -0.4 is 0 Å². The van der Waals surface area contributed by atoms with Crippen LogP contribution in [0.5, 0.6) is 0 Å². The molecule has 1 aliphatic heterocycles. The Morgan fingerprint density at radius 3 is 3.25 bits per heavy atom. The molecule has 3 nitrogen and oxygen atoms in total. The molecular formula is C4H8O3Si. The lowest BCUT2D eigenvalue weighted by atomic mass is 10.4. The Balaban J connectivity index is 2.00. The molecule has 0 saturated carbocycles. The molecule has 0 aromatic heterocycles. The molecule has 0 aromatic carbocycles. The fraction of sp³-hybridized carbons (Fsp3) is 1.00. The van der Waals surface area contributed by atoms with Crippen molar-refractivity contribution in [3.05, 3.63) is 0 Å². The van der Waals surface area contributed by atoms with Gasteiger partial charge in [-0.15, -0.1) is 0 Å². The molecule has 46 valence electrons. The lowest BCUT2D eigenvalue weighted by Gasteiger charge is -2.05. The fourth-order valence-electron chi connectivity index (χ4n) is 0.482. The first kappa shape index (κ1) is 6.22.